The van der Waals surface area contributed by atoms with Crippen LogP contribution in [0.2, 0.25) is 0 Å². The summed E-state index contributed by atoms with van der Waals surface area (Å²) in [4.78, 5) is 33.2. The van der Waals surface area contributed by atoms with Crippen LogP contribution in [0, 0.1) is 18.7 Å². The number of pyridine rings is 2. The molecule has 3 aliphatic heterocycles. The number of likely N-dealkylation sites (tertiary alicyclic amines) is 1. The van der Waals surface area contributed by atoms with E-state index in [0.29, 0.717) is 47.0 Å². The second-order valence-corrected chi connectivity index (χ2v) is 11.0. The molecule has 5 heterocycles. The van der Waals surface area contributed by atoms with E-state index in [1.807, 2.05) is 6.07 Å². The Morgan fingerprint density at radius 1 is 1.18 bits per heavy atom. The molecule has 0 unspecified atom stereocenters. The van der Waals surface area contributed by atoms with Gasteiger partial charge in [0.2, 0.25) is 0 Å². The number of piperidine rings is 1. The van der Waals surface area contributed by atoms with Gasteiger partial charge in [-0.05, 0) is 74.0 Å². The number of esters is 1. The first-order chi connectivity index (χ1) is 18.2. The zero-order chi connectivity index (χ0) is 26.8. The van der Waals surface area contributed by atoms with Crippen molar-refractivity contribution in [2.45, 2.75) is 64.8 Å². The highest BCUT2D eigenvalue weighted by Crippen LogP contribution is 2.41. The number of carbonyl (C=O) groups excluding carboxylic acids is 1. The number of aromatic nitrogens is 2. The lowest BCUT2D eigenvalue weighted by atomic mass is 9.85. The Balaban J connectivity index is 1.53. The largest absolute Gasteiger partial charge is 0.460 e. The molecule has 0 aliphatic carbocycles. The normalized spacial score (nSPS) is 21.7. The Bertz CT molecular complexity index is 1530. The molecule has 8 nitrogen and oxygen atoms in total. The fourth-order valence-corrected chi connectivity index (χ4v) is 6.22. The van der Waals surface area contributed by atoms with Crippen molar-refractivity contribution in [2.24, 2.45) is 5.92 Å². The molecule has 9 heteroatoms. The molecule has 1 atom stereocenters. The van der Waals surface area contributed by atoms with Gasteiger partial charge in [-0.3, -0.25) is 14.5 Å². The highest BCUT2D eigenvalue weighted by molar-refractivity contribution is 5.88. The van der Waals surface area contributed by atoms with Crippen LogP contribution >= 0.6 is 0 Å². The van der Waals surface area contributed by atoms with Crippen LogP contribution in [0.5, 0.6) is 0 Å². The lowest BCUT2D eigenvalue weighted by Crippen LogP contribution is -2.34. The van der Waals surface area contributed by atoms with Crippen LogP contribution in [0.25, 0.3) is 22.3 Å². The van der Waals surface area contributed by atoms with Crippen molar-refractivity contribution in [1.29, 1.82) is 0 Å². The van der Waals surface area contributed by atoms with Crippen LogP contribution in [0.3, 0.4) is 0 Å². The molecule has 38 heavy (non-hydrogen) atoms. The number of fused-ring (bicyclic) bond motifs is 5. The molecule has 6 rings (SSSR count). The summed E-state index contributed by atoms with van der Waals surface area (Å²) in [6.45, 7) is 6.15. The van der Waals surface area contributed by atoms with Crippen molar-refractivity contribution in [1.82, 2.24) is 14.5 Å². The average molecular weight is 522 g/mol. The summed E-state index contributed by atoms with van der Waals surface area (Å²) in [5, 5.41) is 21.8. The number of aryl methyl sites for hydroxylation is 1. The van der Waals surface area contributed by atoms with Crippen LogP contribution in [0.4, 0.5) is 4.39 Å². The van der Waals surface area contributed by atoms with E-state index in [2.05, 4.69) is 4.90 Å². The molecule has 1 saturated heterocycles. The van der Waals surface area contributed by atoms with Gasteiger partial charge in [-0.2, -0.15) is 0 Å². The Kier molecular flexibility index (Phi) is 6.13. The predicted molar refractivity (Wildman–Crippen MR) is 139 cm³/mol. The van der Waals surface area contributed by atoms with Crippen LogP contribution < -0.4 is 5.56 Å². The number of rotatable bonds is 4. The molecule has 0 bridgehead atoms. The van der Waals surface area contributed by atoms with Crippen LogP contribution in [-0.2, 0) is 34.8 Å². The number of nitrogens with zero attached hydrogens (tertiary/aromatic N) is 3. The van der Waals surface area contributed by atoms with E-state index in [4.69, 9.17) is 9.72 Å². The monoisotopic (exact) mass is 521 g/mol. The highest BCUT2D eigenvalue weighted by atomic mass is 19.1. The molecule has 0 radical (unpaired) electrons. The molecular formula is C29H32FN3O5. The number of ether oxygens (including phenoxy) is 1. The number of halogens is 1. The minimum atomic E-state index is -1.51. The van der Waals surface area contributed by atoms with Crippen molar-refractivity contribution in [2.75, 3.05) is 19.7 Å². The second-order valence-electron chi connectivity index (χ2n) is 11.0. The first-order valence-corrected chi connectivity index (χ1v) is 13.3. The third-order valence-electron chi connectivity index (χ3n) is 8.69. The van der Waals surface area contributed by atoms with E-state index in [0.717, 1.165) is 42.4 Å². The highest BCUT2D eigenvalue weighted by Gasteiger charge is 2.40. The molecule has 1 aromatic carbocycles. The number of aliphatic hydroxyl groups excluding tert-OH is 1. The maximum Gasteiger partial charge on any atom is 0.309 e. The molecule has 0 saturated carbocycles. The molecule has 3 aliphatic rings. The van der Waals surface area contributed by atoms with E-state index >= 15 is 0 Å². The Hall–Kier alpha value is -3.14. The summed E-state index contributed by atoms with van der Waals surface area (Å²) < 4.78 is 21.6. The van der Waals surface area contributed by atoms with Gasteiger partial charge in [-0.25, -0.2) is 9.37 Å². The van der Waals surface area contributed by atoms with E-state index in [9.17, 15) is 24.2 Å². The summed E-state index contributed by atoms with van der Waals surface area (Å²) in [7, 11) is 0. The van der Waals surface area contributed by atoms with Gasteiger partial charge in [-0.1, -0.05) is 6.92 Å². The summed E-state index contributed by atoms with van der Waals surface area (Å²) >= 11 is 0. The van der Waals surface area contributed by atoms with Gasteiger partial charge < -0.3 is 19.5 Å². The molecule has 2 aromatic heterocycles. The Morgan fingerprint density at radius 3 is 2.66 bits per heavy atom. The number of carbonyl (C=O) groups is 1. The SMILES string of the molecule is CC[C@@]1(O)CC(=O)OCc2c1cc1n(c2=O)Cc2c-1nc1cc(F)c(C)cc1c2CN1CCC(CO)CC1. The maximum absolute atomic E-state index is 14.7. The van der Waals surface area contributed by atoms with Crippen molar-refractivity contribution in [3.05, 3.63) is 62.2 Å². The van der Waals surface area contributed by atoms with Crippen LogP contribution in [0.15, 0.2) is 23.0 Å². The third-order valence-corrected chi connectivity index (χ3v) is 8.69. The van der Waals surface area contributed by atoms with E-state index in [-0.39, 0.29) is 43.0 Å². The number of benzene rings is 1. The summed E-state index contributed by atoms with van der Waals surface area (Å²) in [6, 6.07) is 5.06. The minimum Gasteiger partial charge on any atom is -0.460 e. The van der Waals surface area contributed by atoms with E-state index in [1.165, 1.54) is 6.07 Å². The number of hydrogen-bond donors (Lipinski definition) is 2. The quantitative estimate of drug-likeness (QED) is 0.398. The average Bonchev–Trinajstić information content (AvgIpc) is 3.21. The molecule has 2 N–H and O–H groups in total. The number of hydrogen-bond acceptors (Lipinski definition) is 7. The third kappa shape index (κ3) is 3.95. The van der Waals surface area contributed by atoms with Gasteiger partial charge in [0.1, 0.15) is 18.0 Å². The van der Waals surface area contributed by atoms with Crippen molar-refractivity contribution in [3.63, 3.8) is 0 Å². The summed E-state index contributed by atoms with van der Waals surface area (Å²) in [6.07, 6.45) is 1.85. The van der Waals surface area contributed by atoms with E-state index in [1.54, 1.807) is 24.5 Å². The number of aliphatic hydroxyl groups is 2. The van der Waals surface area contributed by atoms with Crippen LogP contribution in [-0.4, -0.2) is 50.3 Å². The topological polar surface area (TPSA) is 105 Å². The van der Waals surface area contributed by atoms with Gasteiger partial charge >= 0.3 is 5.97 Å². The molecular weight excluding hydrogens is 489 g/mol. The first kappa shape index (κ1) is 25.2. The second kappa shape index (κ2) is 9.25. The first-order valence-electron chi connectivity index (χ1n) is 13.3. The smallest absolute Gasteiger partial charge is 0.309 e. The van der Waals surface area contributed by atoms with Crippen molar-refractivity contribution >= 4 is 16.9 Å². The lowest BCUT2D eigenvalue weighted by Gasteiger charge is -2.31. The van der Waals surface area contributed by atoms with E-state index < -0.39 is 11.6 Å². The lowest BCUT2D eigenvalue weighted by molar-refractivity contribution is -0.149. The minimum absolute atomic E-state index is 0.182. The Labute approximate surface area is 219 Å². The van der Waals surface area contributed by atoms with Crippen molar-refractivity contribution in [3.8, 4) is 11.4 Å². The molecule has 0 amide bonds. The van der Waals surface area contributed by atoms with Crippen LogP contribution in [0.1, 0.15) is 60.4 Å². The number of cyclic esters (lactones) is 1. The Morgan fingerprint density at radius 2 is 1.95 bits per heavy atom. The standard InChI is InChI=1S/C29H32FN3O5/c1-3-29(37)11-26(35)38-15-21-22(29)9-25-27-20(13-33(25)28(21)36)19(12-32-6-4-17(14-34)5-7-32)18-8-16(2)23(30)10-24(18)31-27/h8-10,17,34,37H,3-7,11-15H2,1-2H3/t29-/m1/s1. The zero-order valence-corrected chi connectivity index (χ0v) is 21.7. The van der Waals surface area contributed by atoms with Gasteiger partial charge in [0.15, 0.2) is 0 Å². The van der Waals surface area contributed by atoms with Gasteiger partial charge in [-0.15, -0.1) is 0 Å². The molecule has 200 valence electrons. The molecule has 0 spiro atoms. The molecule has 3 aromatic rings. The maximum atomic E-state index is 14.7. The van der Waals surface area contributed by atoms with Crippen molar-refractivity contribution < 1.29 is 24.1 Å². The van der Waals surface area contributed by atoms with Gasteiger partial charge in [0.25, 0.3) is 5.56 Å². The van der Waals surface area contributed by atoms with Gasteiger partial charge in [0.05, 0.1) is 35.4 Å². The molecule has 1 fully saturated rings. The van der Waals surface area contributed by atoms with Gasteiger partial charge in [0, 0.05) is 30.2 Å². The zero-order valence-electron chi connectivity index (χ0n) is 21.7. The summed E-state index contributed by atoms with van der Waals surface area (Å²) in [5.74, 6) is -0.571. The summed E-state index contributed by atoms with van der Waals surface area (Å²) in [5.41, 5.74) is 3.03. The predicted octanol–water partition coefficient (Wildman–Crippen LogP) is 3.12. The fraction of sp³-hybridized carbons (Fsp3) is 0.483. The fourth-order valence-electron chi connectivity index (χ4n) is 6.22.